The molecule has 0 bridgehead atoms. The average Bonchev–Trinajstić information content (AvgIpc) is 2.56. The normalized spacial score (nSPS) is 15.6. The molecule has 0 saturated carbocycles. The second kappa shape index (κ2) is 9.06. The predicted molar refractivity (Wildman–Crippen MR) is 93.3 cm³/mol. The Kier molecular flexibility index (Phi) is 7.09. The van der Waals surface area contributed by atoms with Crippen molar-refractivity contribution in [2.45, 2.75) is 25.3 Å². The van der Waals surface area contributed by atoms with E-state index in [1.165, 1.54) is 6.08 Å². The summed E-state index contributed by atoms with van der Waals surface area (Å²) in [5.74, 6) is -1.17. The van der Waals surface area contributed by atoms with Gasteiger partial charge in [-0.25, -0.2) is 0 Å². The van der Waals surface area contributed by atoms with E-state index in [-0.39, 0.29) is 24.9 Å². The third-order valence-corrected chi connectivity index (χ3v) is 4.42. The van der Waals surface area contributed by atoms with E-state index in [1.807, 2.05) is 0 Å². The quantitative estimate of drug-likeness (QED) is 0.777. The minimum Gasteiger partial charge on any atom is -0.481 e. The van der Waals surface area contributed by atoms with Crippen molar-refractivity contribution >= 4 is 41.2 Å². The van der Waals surface area contributed by atoms with E-state index in [1.54, 1.807) is 29.2 Å². The Morgan fingerprint density at radius 3 is 2.67 bits per heavy atom. The molecule has 1 aromatic carbocycles. The van der Waals surface area contributed by atoms with Gasteiger partial charge in [0, 0.05) is 41.9 Å². The van der Waals surface area contributed by atoms with Crippen LogP contribution in [0.5, 0.6) is 0 Å². The Morgan fingerprint density at radius 1 is 1.29 bits per heavy atom. The van der Waals surface area contributed by atoms with Crippen molar-refractivity contribution in [3.05, 3.63) is 39.9 Å². The molecular formula is C17H19Cl2NO4. The Hall–Kier alpha value is -1.56. The van der Waals surface area contributed by atoms with Crippen molar-refractivity contribution in [3.63, 3.8) is 0 Å². The highest BCUT2D eigenvalue weighted by atomic mass is 35.5. The van der Waals surface area contributed by atoms with Crippen LogP contribution in [0.15, 0.2) is 24.3 Å². The molecular weight excluding hydrogens is 353 g/mol. The topological polar surface area (TPSA) is 66.8 Å². The zero-order valence-corrected chi connectivity index (χ0v) is 14.6. The minimum atomic E-state index is -0.929. The van der Waals surface area contributed by atoms with Crippen LogP contribution in [0, 0.1) is 0 Å². The first-order valence-electron chi connectivity index (χ1n) is 7.70. The summed E-state index contributed by atoms with van der Waals surface area (Å²) in [4.78, 5) is 25.0. The summed E-state index contributed by atoms with van der Waals surface area (Å²) in [6.45, 7) is 1.32. The Morgan fingerprint density at radius 2 is 2.00 bits per heavy atom. The van der Waals surface area contributed by atoms with Gasteiger partial charge in [0.2, 0.25) is 5.91 Å². The summed E-state index contributed by atoms with van der Waals surface area (Å²) in [5.41, 5.74) is 0.641. The van der Waals surface area contributed by atoms with E-state index in [0.717, 1.165) is 0 Å². The monoisotopic (exact) mass is 371 g/mol. The fraction of sp³-hybridized carbons (Fsp3) is 0.412. The van der Waals surface area contributed by atoms with Crippen LogP contribution in [-0.4, -0.2) is 47.7 Å². The third kappa shape index (κ3) is 5.51. The van der Waals surface area contributed by atoms with Crippen molar-refractivity contribution in [1.29, 1.82) is 0 Å². The van der Waals surface area contributed by atoms with E-state index in [9.17, 15) is 9.59 Å². The lowest BCUT2D eigenvalue weighted by molar-refractivity contribution is -0.138. The number of halogens is 2. The van der Waals surface area contributed by atoms with E-state index >= 15 is 0 Å². The second-order valence-electron chi connectivity index (χ2n) is 5.52. The highest BCUT2D eigenvalue weighted by Gasteiger charge is 2.24. The lowest BCUT2D eigenvalue weighted by atomic mass is 10.1. The first-order chi connectivity index (χ1) is 11.5. The number of aliphatic carboxylic acids is 1. The van der Waals surface area contributed by atoms with Gasteiger partial charge in [-0.15, -0.1) is 0 Å². The molecule has 0 spiro atoms. The molecule has 1 N–H and O–H groups in total. The van der Waals surface area contributed by atoms with E-state index in [0.29, 0.717) is 41.7 Å². The largest absolute Gasteiger partial charge is 0.481 e. The molecule has 1 aromatic rings. The molecule has 5 nitrogen and oxygen atoms in total. The molecule has 1 amide bonds. The van der Waals surface area contributed by atoms with Crippen LogP contribution in [0.4, 0.5) is 0 Å². The van der Waals surface area contributed by atoms with Gasteiger partial charge in [-0.3, -0.25) is 9.59 Å². The lowest BCUT2D eigenvalue weighted by Gasteiger charge is -2.33. The number of nitrogens with zero attached hydrogens (tertiary/aromatic N) is 1. The van der Waals surface area contributed by atoms with Crippen molar-refractivity contribution in [3.8, 4) is 0 Å². The Bertz CT molecular complexity index is 627. The summed E-state index contributed by atoms with van der Waals surface area (Å²) in [7, 11) is 0. The number of ether oxygens (including phenoxy) is 1. The molecule has 0 unspecified atom stereocenters. The molecule has 1 fully saturated rings. The van der Waals surface area contributed by atoms with Crippen molar-refractivity contribution in [2.24, 2.45) is 0 Å². The van der Waals surface area contributed by atoms with Crippen LogP contribution in [0.1, 0.15) is 24.8 Å². The maximum atomic E-state index is 12.6. The number of hydrogen-bond donors (Lipinski definition) is 1. The van der Waals surface area contributed by atoms with Gasteiger partial charge < -0.3 is 14.7 Å². The maximum absolute atomic E-state index is 12.6. The van der Waals surface area contributed by atoms with Crippen LogP contribution in [0.25, 0.3) is 6.08 Å². The predicted octanol–water partition coefficient (Wildman–Crippen LogP) is 3.49. The minimum absolute atomic E-state index is 0.00918. The number of hydrogen-bond acceptors (Lipinski definition) is 3. The number of carboxylic acids is 1. The summed E-state index contributed by atoms with van der Waals surface area (Å²) in [6, 6.07) is 4.99. The Balaban J connectivity index is 2.12. The van der Waals surface area contributed by atoms with Crippen LogP contribution in [0.2, 0.25) is 10.0 Å². The van der Waals surface area contributed by atoms with Gasteiger partial charge in [0.1, 0.15) is 0 Å². The standard InChI is InChI=1S/C17H19Cl2NO4/c18-13-2-3-15(19)12(11-13)1-4-16(21)20(8-5-17(22)23)14-6-9-24-10-7-14/h1-4,11,14H,5-10H2,(H,22,23). The fourth-order valence-corrected chi connectivity index (χ4v) is 2.95. The molecule has 1 heterocycles. The second-order valence-corrected chi connectivity index (χ2v) is 6.36. The molecule has 1 aliphatic rings. The summed E-state index contributed by atoms with van der Waals surface area (Å²) in [6.07, 6.45) is 4.33. The van der Waals surface area contributed by atoms with Crippen molar-refractivity contribution in [1.82, 2.24) is 4.90 Å². The zero-order chi connectivity index (χ0) is 17.5. The summed E-state index contributed by atoms with van der Waals surface area (Å²) < 4.78 is 5.31. The lowest BCUT2D eigenvalue weighted by Crippen LogP contribution is -2.43. The number of rotatable bonds is 6. The van der Waals surface area contributed by atoms with Gasteiger partial charge >= 0.3 is 5.97 Å². The van der Waals surface area contributed by atoms with Gasteiger partial charge in [0.05, 0.1) is 6.42 Å². The molecule has 0 aromatic heterocycles. The van der Waals surface area contributed by atoms with Gasteiger partial charge in [-0.2, -0.15) is 0 Å². The van der Waals surface area contributed by atoms with Crippen molar-refractivity contribution < 1.29 is 19.4 Å². The van der Waals surface area contributed by atoms with Gasteiger partial charge in [0.15, 0.2) is 0 Å². The first-order valence-corrected chi connectivity index (χ1v) is 8.46. The zero-order valence-electron chi connectivity index (χ0n) is 13.1. The van der Waals surface area contributed by atoms with Crippen molar-refractivity contribution in [2.75, 3.05) is 19.8 Å². The summed E-state index contributed by atoms with van der Waals surface area (Å²) >= 11 is 12.0. The summed E-state index contributed by atoms with van der Waals surface area (Å²) in [5, 5.41) is 9.92. The van der Waals surface area contributed by atoms with Crippen LogP contribution < -0.4 is 0 Å². The first kappa shape index (κ1) is 18.8. The van der Waals surface area contributed by atoms with Crippen LogP contribution in [-0.2, 0) is 14.3 Å². The van der Waals surface area contributed by atoms with E-state index in [2.05, 4.69) is 0 Å². The number of carbonyl (C=O) groups excluding carboxylic acids is 1. The molecule has 1 aliphatic heterocycles. The van der Waals surface area contributed by atoms with E-state index in [4.69, 9.17) is 33.0 Å². The molecule has 0 aliphatic carbocycles. The molecule has 130 valence electrons. The molecule has 7 heteroatoms. The molecule has 0 atom stereocenters. The fourth-order valence-electron chi connectivity index (χ4n) is 2.58. The number of carboxylic acid groups (broad SMARTS) is 1. The molecule has 24 heavy (non-hydrogen) atoms. The molecule has 1 saturated heterocycles. The maximum Gasteiger partial charge on any atom is 0.305 e. The third-order valence-electron chi connectivity index (χ3n) is 3.84. The molecule has 2 rings (SSSR count). The number of carbonyl (C=O) groups is 2. The number of amides is 1. The number of benzene rings is 1. The van der Waals surface area contributed by atoms with Gasteiger partial charge in [-0.05, 0) is 42.7 Å². The molecule has 0 radical (unpaired) electrons. The van der Waals surface area contributed by atoms with E-state index < -0.39 is 5.97 Å². The van der Waals surface area contributed by atoms with Crippen LogP contribution in [0.3, 0.4) is 0 Å². The SMILES string of the molecule is O=C(O)CCN(C(=O)C=Cc1cc(Cl)ccc1Cl)C1CCOCC1. The smallest absolute Gasteiger partial charge is 0.305 e. The van der Waals surface area contributed by atoms with Crippen LogP contribution >= 0.6 is 23.2 Å². The Labute approximate surface area is 150 Å². The highest BCUT2D eigenvalue weighted by molar-refractivity contribution is 6.34. The average molecular weight is 372 g/mol. The highest BCUT2D eigenvalue weighted by Crippen LogP contribution is 2.22. The van der Waals surface area contributed by atoms with Gasteiger partial charge in [0.25, 0.3) is 0 Å². The van der Waals surface area contributed by atoms with Gasteiger partial charge in [-0.1, -0.05) is 23.2 Å².